The minimum atomic E-state index is -3.91. The Kier molecular flexibility index (Phi) is 3.83. The van der Waals surface area contributed by atoms with Crippen LogP contribution in [0.5, 0.6) is 0 Å². The lowest BCUT2D eigenvalue weighted by molar-refractivity contribution is 0.438. The summed E-state index contributed by atoms with van der Waals surface area (Å²) < 4.78 is 28.9. The van der Waals surface area contributed by atoms with Crippen LogP contribution in [0.3, 0.4) is 0 Å². The number of hydrogen-bond donors (Lipinski definition) is 2. The molecule has 0 rings (SSSR count). The van der Waals surface area contributed by atoms with Gasteiger partial charge in [0, 0.05) is 5.75 Å². The van der Waals surface area contributed by atoms with Crippen LogP contribution in [-0.2, 0) is 9.15 Å². The zero-order valence-electron chi connectivity index (χ0n) is 6.57. The number of nitrogens with two attached hydrogens (primary N) is 1. The Bertz CT molecular complexity index is 210. The fourth-order valence-corrected chi connectivity index (χ4v) is 2.28. The SMILES string of the molecule is CC(C)(CN)CSS(=O)(=O)O. The molecule has 0 saturated heterocycles. The zero-order valence-corrected chi connectivity index (χ0v) is 8.20. The molecular formula is C5H13NO3S2. The summed E-state index contributed by atoms with van der Waals surface area (Å²) in [4.78, 5) is 0. The van der Waals surface area contributed by atoms with E-state index in [2.05, 4.69) is 0 Å². The standard InChI is InChI=1S/C5H13NO3S2/c1-5(2,3-6)4-10-11(7,8)9/h3-4,6H2,1-2H3,(H,7,8,9). The summed E-state index contributed by atoms with van der Waals surface area (Å²) >= 11 is 0. The van der Waals surface area contributed by atoms with Gasteiger partial charge in [-0.3, -0.25) is 4.55 Å². The molecule has 6 heteroatoms. The lowest BCUT2D eigenvalue weighted by Crippen LogP contribution is -2.26. The van der Waals surface area contributed by atoms with Gasteiger partial charge in [-0.15, -0.1) is 0 Å². The molecule has 0 atom stereocenters. The van der Waals surface area contributed by atoms with Gasteiger partial charge in [-0.05, 0) is 22.8 Å². The summed E-state index contributed by atoms with van der Waals surface area (Å²) in [6, 6.07) is 0. The molecule has 0 aromatic rings. The summed E-state index contributed by atoms with van der Waals surface area (Å²) in [6.07, 6.45) is 0. The third kappa shape index (κ3) is 6.61. The molecule has 0 aliphatic rings. The normalized spacial score (nSPS) is 13.5. The summed E-state index contributed by atoms with van der Waals surface area (Å²) in [5, 5.41) is 0. The van der Waals surface area contributed by atoms with Crippen LogP contribution in [0.4, 0.5) is 0 Å². The van der Waals surface area contributed by atoms with Gasteiger partial charge < -0.3 is 5.73 Å². The molecule has 0 bridgehead atoms. The van der Waals surface area contributed by atoms with Crippen molar-refractivity contribution in [2.24, 2.45) is 11.1 Å². The highest BCUT2D eigenvalue weighted by atomic mass is 33.1. The molecule has 0 aliphatic carbocycles. The minimum Gasteiger partial charge on any atom is -0.330 e. The fourth-order valence-electron chi connectivity index (χ4n) is 0.293. The zero-order chi connectivity index (χ0) is 9.12. The molecule has 4 nitrogen and oxygen atoms in total. The maximum absolute atomic E-state index is 10.3. The summed E-state index contributed by atoms with van der Waals surface area (Å²) in [7, 11) is -3.39. The van der Waals surface area contributed by atoms with Crippen molar-refractivity contribution >= 4 is 19.9 Å². The van der Waals surface area contributed by atoms with Crippen LogP contribution >= 0.6 is 10.8 Å². The monoisotopic (exact) mass is 199 g/mol. The first kappa shape index (κ1) is 11.2. The van der Waals surface area contributed by atoms with Gasteiger partial charge in [-0.1, -0.05) is 13.8 Å². The van der Waals surface area contributed by atoms with Crippen molar-refractivity contribution in [3.8, 4) is 0 Å². The van der Waals surface area contributed by atoms with E-state index in [4.69, 9.17) is 10.3 Å². The third-order valence-corrected chi connectivity index (χ3v) is 3.60. The smallest absolute Gasteiger partial charge is 0.319 e. The Hall–Kier alpha value is 0.220. The van der Waals surface area contributed by atoms with E-state index in [1.165, 1.54) is 0 Å². The first-order chi connectivity index (χ1) is 4.77. The largest absolute Gasteiger partial charge is 0.330 e. The van der Waals surface area contributed by atoms with Gasteiger partial charge in [-0.25, -0.2) is 0 Å². The van der Waals surface area contributed by atoms with Gasteiger partial charge in [0.2, 0.25) is 0 Å². The van der Waals surface area contributed by atoms with E-state index in [9.17, 15) is 8.42 Å². The maximum atomic E-state index is 10.3. The Morgan fingerprint density at radius 1 is 1.55 bits per heavy atom. The van der Waals surface area contributed by atoms with Crippen molar-refractivity contribution in [3.05, 3.63) is 0 Å². The third-order valence-electron chi connectivity index (χ3n) is 1.15. The molecule has 0 spiro atoms. The van der Waals surface area contributed by atoms with Crippen molar-refractivity contribution in [1.29, 1.82) is 0 Å². The van der Waals surface area contributed by atoms with Gasteiger partial charge in [0.1, 0.15) is 0 Å². The van der Waals surface area contributed by atoms with Crippen LogP contribution in [-0.4, -0.2) is 25.3 Å². The maximum Gasteiger partial charge on any atom is 0.319 e. The van der Waals surface area contributed by atoms with Crippen LogP contribution in [0.25, 0.3) is 0 Å². The van der Waals surface area contributed by atoms with Crippen LogP contribution in [0, 0.1) is 5.41 Å². The number of hydrogen-bond acceptors (Lipinski definition) is 4. The van der Waals surface area contributed by atoms with Gasteiger partial charge in [-0.2, -0.15) is 8.42 Å². The van der Waals surface area contributed by atoms with Gasteiger partial charge in [0.15, 0.2) is 0 Å². The summed E-state index contributed by atoms with van der Waals surface area (Å²) in [5.41, 5.74) is 5.10. The molecule has 0 aromatic carbocycles. The number of rotatable bonds is 4. The summed E-state index contributed by atoms with van der Waals surface area (Å²) in [5.74, 6) is 0.308. The highest BCUT2D eigenvalue weighted by Crippen LogP contribution is 2.22. The average molecular weight is 199 g/mol. The molecule has 0 saturated carbocycles. The van der Waals surface area contributed by atoms with Crippen LogP contribution in [0.15, 0.2) is 0 Å². The first-order valence-electron chi connectivity index (χ1n) is 3.09. The molecule has 0 aliphatic heterocycles. The minimum absolute atomic E-state index is 0.250. The van der Waals surface area contributed by atoms with E-state index in [-0.39, 0.29) is 5.41 Å². The van der Waals surface area contributed by atoms with E-state index in [1.807, 2.05) is 13.8 Å². The van der Waals surface area contributed by atoms with E-state index >= 15 is 0 Å². The van der Waals surface area contributed by atoms with Crippen LogP contribution in [0.1, 0.15) is 13.8 Å². The molecule has 0 radical (unpaired) electrons. The van der Waals surface area contributed by atoms with Crippen LogP contribution in [0.2, 0.25) is 0 Å². The first-order valence-corrected chi connectivity index (χ1v) is 6.03. The Labute approximate surface area is 70.7 Å². The quantitative estimate of drug-likeness (QED) is 0.509. The Morgan fingerprint density at radius 2 is 2.00 bits per heavy atom. The molecule has 3 N–H and O–H groups in total. The Balaban J connectivity index is 3.90. The van der Waals surface area contributed by atoms with Crippen molar-refractivity contribution in [3.63, 3.8) is 0 Å². The van der Waals surface area contributed by atoms with Crippen molar-refractivity contribution < 1.29 is 13.0 Å². The lowest BCUT2D eigenvalue weighted by Gasteiger charge is -2.19. The molecule has 0 heterocycles. The van der Waals surface area contributed by atoms with Crippen molar-refractivity contribution in [2.75, 3.05) is 12.3 Å². The van der Waals surface area contributed by atoms with E-state index in [0.29, 0.717) is 23.1 Å². The molecule has 68 valence electrons. The van der Waals surface area contributed by atoms with Crippen molar-refractivity contribution in [2.45, 2.75) is 13.8 Å². The molecule has 0 aromatic heterocycles. The second kappa shape index (κ2) is 3.75. The molecular weight excluding hydrogens is 186 g/mol. The molecule has 0 fully saturated rings. The Morgan fingerprint density at radius 3 is 2.27 bits per heavy atom. The molecule has 0 amide bonds. The van der Waals surface area contributed by atoms with E-state index in [1.54, 1.807) is 0 Å². The second-order valence-electron chi connectivity index (χ2n) is 3.06. The molecule has 11 heavy (non-hydrogen) atoms. The predicted octanol–water partition coefficient (Wildman–Crippen LogP) is 0.507. The lowest BCUT2D eigenvalue weighted by atomic mass is 9.97. The highest BCUT2D eigenvalue weighted by Gasteiger charge is 2.19. The second-order valence-corrected chi connectivity index (χ2v) is 6.41. The van der Waals surface area contributed by atoms with Crippen LogP contribution < -0.4 is 5.73 Å². The topological polar surface area (TPSA) is 80.4 Å². The van der Waals surface area contributed by atoms with E-state index < -0.39 is 9.15 Å². The van der Waals surface area contributed by atoms with E-state index in [0.717, 1.165) is 0 Å². The molecule has 0 unspecified atom stereocenters. The predicted molar refractivity (Wildman–Crippen MR) is 46.8 cm³/mol. The average Bonchev–Trinajstić information content (AvgIpc) is 1.83. The van der Waals surface area contributed by atoms with Gasteiger partial charge >= 0.3 is 9.15 Å². The summed E-state index contributed by atoms with van der Waals surface area (Å²) in [6.45, 7) is 4.08. The fraction of sp³-hybridized carbons (Fsp3) is 1.00. The van der Waals surface area contributed by atoms with Gasteiger partial charge in [0.25, 0.3) is 0 Å². The van der Waals surface area contributed by atoms with Crippen molar-refractivity contribution in [1.82, 2.24) is 0 Å². The highest BCUT2D eigenvalue weighted by molar-refractivity contribution is 8.69. The van der Waals surface area contributed by atoms with Gasteiger partial charge in [0.05, 0.1) is 0 Å².